The fourth-order valence-corrected chi connectivity index (χ4v) is 2.01. The van der Waals surface area contributed by atoms with Gasteiger partial charge in [0.1, 0.15) is 6.04 Å². The molecule has 0 aliphatic heterocycles. The van der Waals surface area contributed by atoms with Crippen LogP contribution in [0.1, 0.15) is 29.8 Å². The van der Waals surface area contributed by atoms with Crippen molar-refractivity contribution in [2.24, 2.45) is 0 Å². The van der Waals surface area contributed by atoms with E-state index in [1.165, 1.54) is 5.56 Å². The number of amides is 2. The molecule has 2 aromatic carbocycles. The van der Waals surface area contributed by atoms with E-state index in [1.807, 2.05) is 30.3 Å². The van der Waals surface area contributed by atoms with E-state index in [0.29, 0.717) is 5.56 Å². The summed E-state index contributed by atoms with van der Waals surface area (Å²) in [5.74, 6) is -0.502. The molecule has 2 N–H and O–H groups in total. The van der Waals surface area contributed by atoms with Gasteiger partial charge in [-0.05, 0) is 43.2 Å². The van der Waals surface area contributed by atoms with Crippen LogP contribution >= 0.6 is 0 Å². The van der Waals surface area contributed by atoms with Gasteiger partial charge < -0.3 is 10.6 Å². The minimum atomic E-state index is -0.612. The van der Waals surface area contributed by atoms with E-state index in [4.69, 9.17) is 0 Å². The van der Waals surface area contributed by atoms with Crippen LogP contribution in [0.3, 0.4) is 0 Å². The summed E-state index contributed by atoms with van der Waals surface area (Å²) < 4.78 is 0. The number of benzene rings is 2. The summed E-state index contributed by atoms with van der Waals surface area (Å²) in [6.07, 6.45) is 0.956. The number of nitrogens with one attached hydrogen (secondary N) is 2. The van der Waals surface area contributed by atoms with Gasteiger partial charge in [0.05, 0.1) is 0 Å². The van der Waals surface area contributed by atoms with Gasteiger partial charge in [0.25, 0.3) is 5.91 Å². The van der Waals surface area contributed by atoms with Gasteiger partial charge in [-0.3, -0.25) is 9.59 Å². The molecule has 114 valence electrons. The van der Waals surface area contributed by atoms with Crippen LogP contribution in [-0.2, 0) is 11.2 Å². The van der Waals surface area contributed by atoms with Crippen LogP contribution in [0.15, 0.2) is 54.6 Å². The van der Waals surface area contributed by atoms with Crippen molar-refractivity contribution in [1.29, 1.82) is 0 Å². The molecule has 0 aliphatic carbocycles. The van der Waals surface area contributed by atoms with Crippen LogP contribution in [0.2, 0.25) is 0 Å². The van der Waals surface area contributed by atoms with Crippen LogP contribution in [0.5, 0.6) is 0 Å². The van der Waals surface area contributed by atoms with Crippen LogP contribution in [-0.4, -0.2) is 17.9 Å². The topological polar surface area (TPSA) is 58.2 Å². The highest BCUT2D eigenvalue weighted by atomic mass is 16.2. The average molecular weight is 296 g/mol. The summed E-state index contributed by atoms with van der Waals surface area (Å²) in [7, 11) is 0. The smallest absolute Gasteiger partial charge is 0.251 e. The van der Waals surface area contributed by atoms with Crippen LogP contribution in [0, 0.1) is 0 Å². The molecular formula is C18H20N2O2. The van der Waals surface area contributed by atoms with Gasteiger partial charge in [0.2, 0.25) is 5.91 Å². The third-order valence-electron chi connectivity index (χ3n) is 3.41. The molecular weight excluding hydrogens is 276 g/mol. The van der Waals surface area contributed by atoms with Crippen LogP contribution < -0.4 is 10.6 Å². The maximum atomic E-state index is 12.1. The number of hydrogen-bond acceptors (Lipinski definition) is 2. The summed E-state index contributed by atoms with van der Waals surface area (Å²) >= 11 is 0. The molecule has 1 atom stereocenters. The largest absolute Gasteiger partial charge is 0.341 e. The quantitative estimate of drug-likeness (QED) is 0.891. The Morgan fingerprint density at radius 1 is 1.00 bits per heavy atom. The maximum absolute atomic E-state index is 12.1. The summed E-state index contributed by atoms with van der Waals surface area (Å²) in [6, 6.07) is 15.9. The van der Waals surface area contributed by atoms with Crippen molar-refractivity contribution >= 4 is 17.5 Å². The van der Waals surface area contributed by atoms with Crippen molar-refractivity contribution < 1.29 is 9.59 Å². The molecule has 0 aromatic heterocycles. The molecule has 0 radical (unpaired) electrons. The van der Waals surface area contributed by atoms with Crippen LogP contribution in [0.25, 0.3) is 0 Å². The first-order valence-electron chi connectivity index (χ1n) is 7.36. The summed E-state index contributed by atoms with van der Waals surface area (Å²) in [5.41, 5.74) is 2.47. The lowest BCUT2D eigenvalue weighted by molar-refractivity contribution is -0.117. The molecule has 0 heterocycles. The van der Waals surface area contributed by atoms with Gasteiger partial charge in [0, 0.05) is 11.3 Å². The van der Waals surface area contributed by atoms with Gasteiger partial charge in [-0.2, -0.15) is 0 Å². The standard InChI is InChI=1S/C18H20N2O2/c1-3-14-9-11-16(12-10-14)20-17(21)13(2)19-18(22)15-7-5-4-6-8-15/h4-13H,3H2,1-2H3,(H,19,22)(H,20,21). The Labute approximate surface area is 130 Å². The van der Waals surface area contributed by atoms with Gasteiger partial charge in [-0.25, -0.2) is 0 Å². The number of anilines is 1. The second-order valence-corrected chi connectivity index (χ2v) is 5.10. The molecule has 0 aliphatic rings. The van der Waals surface area contributed by atoms with E-state index < -0.39 is 6.04 Å². The first-order chi connectivity index (χ1) is 10.6. The molecule has 2 amide bonds. The Morgan fingerprint density at radius 3 is 2.23 bits per heavy atom. The third-order valence-corrected chi connectivity index (χ3v) is 3.41. The summed E-state index contributed by atoms with van der Waals surface area (Å²) in [6.45, 7) is 3.74. The molecule has 22 heavy (non-hydrogen) atoms. The number of aryl methyl sites for hydroxylation is 1. The highest BCUT2D eigenvalue weighted by Gasteiger charge is 2.16. The van der Waals surface area contributed by atoms with Crippen molar-refractivity contribution in [2.75, 3.05) is 5.32 Å². The Bertz CT molecular complexity index is 636. The lowest BCUT2D eigenvalue weighted by Crippen LogP contribution is -2.41. The SMILES string of the molecule is CCc1ccc(NC(=O)C(C)NC(=O)c2ccccc2)cc1. The van der Waals surface area contributed by atoms with E-state index in [-0.39, 0.29) is 11.8 Å². The van der Waals surface area contributed by atoms with E-state index in [9.17, 15) is 9.59 Å². The van der Waals surface area contributed by atoms with E-state index in [2.05, 4.69) is 17.6 Å². The zero-order valence-corrected chi connectivity index (χ0v) is 12.8. The average Bonchev–Trinajstić information content (AvgIpc) is 2.56. The van der Waals surface area contributed by atoms with E-state index in [0.717, 1.165) is 12.1 Å². The zero-order chi connectivity index (χ0) is 15.9. The van der Waals surface area contributed by atoms with Crippen molar-refractivity contribution in [3.05, 3.63) is 65.7 Å². The number of hydrogen-bond donors (Lipinski definition) is 2. The molecule has 0 fully saturated rings. The summed E-state index contributed by atoms with van der Waals surface area (Å²) in [4.78, 5) is 24.1. The first-order valence-corrected chi connectivity index (χ1v) is 7.36. The highest BCUT2D eigenvalue weighted by molar-refractivity contribution is 6.00. The molecule has 0 saturated heterocycles. The molecule has 2 rings (SSSR count). The molecule has 2 aromatic rings. The lowest BCUT2D eigenvalue weighted by Gasteiger charge is -2.14. The Hall–Kier alpha value is -2.62. The second-order valence-electron chi connectivity index (χ2n) is 5.10. The van der Waals surface area contributed by atoms with Crippen molar-refractivity contribution in [3.8, 4) is 0 Å². The first kappa shape index (κ1) is 15.8. The normalized spacial score (nSPS) is 11.5. The molecule has 0 spiro atoms. The Balaban J connectivity index is 1.92. The Kier molecular flexibility index (Phi) is 5.31. The molecule has 4 nitrogen and oxygen atoms in total. The lowest BCUT2D eigenvalue weighted by atomic mass is 10.1. The van der Waals surface area contributed by atoms with Crippen LogP contribution in [0.4, 0.5) is 5.69 Å². The van der Waals surface area contributed by atoms with Crippen molar-refractivity contribution in [2.45, 2.75) is 26.3 Å². The minimum Gasteiger partial charge on any atom is -0.341 e. The van der Waals surface area contributed by atoms with Gasteiger partial charge >= 0.3 is 0 Å². The van der Waals surface area contributed by atoms with E-state index >= 15 is 0 Å². The monoisotopic (exact) mass is 296 g/mol. The second kappa shape index (κ2) is 7.41. The maximum Gasteiger partial charge on any atom is 0.251 e. The molecule has 0 saturated carbocycles. The highest BCUT2D eigenvalue weighted by Crippen LogP contribution is 2.10. The van der Waals surface area contributed by atoms with E-state index in [1.54, 1.807) is 31.2 Å². The summed E-state index contributed by atoms with van der Waals surface area (Å²) in [5, 5.41) is 5.48. The number of carbonyl (C=O) groups excluding carboxylic acids is 2. The van der Waals surface area contributed by atoms with Gasteiger partial charge in [0.15, 0.2) is 0 Å². The predicted molar refractivity (Wildman–Crippen MR) is 87.8 cm³/mol. The molecule has 4 heteroatoms. The fourth-order valence-electron chi connectivity index (χ4n) is 2.01. The number of rotatable bonds is 5. The minimum absolute atomic E-state index is 0.242. The molecule has 0 bridgehead atoms. The van der Waals surface area contributed by atoms with Crippen molar-refractivity contribution in [1.82, 2.24) is 5.32 Å². The van der Waals surface area contributed by atoms with Crippen molar-refractivity contribution in [3.63, 3.8) is 0 Å². The fraction of sp³-hybridized carbons (Fsp3) is 0.222. The number of carbonyl (C=O) groups is 2. The molecule has 1 unspecified atom stereocenters. The third kappa shape index (κ3) is 4.19. The van der Waals surface area contributed by atoms with Gasteiger partial charge in [-0.1, -0.05) is 37.3 Å². The zero-order valence-electron chi connectivity index (χ0n) is 12.8. The van der Waals surface area contributed by atoms with Gasteiger partial charge in [-0.15, -0.1) is 0 Å². The predicted octanol–water partition coefficient (Wildman–Crippen LogP) is 3.01. The Morgan fingerprint density at radius 2 is 1.64 bits per heavy atom.